The molecule has 0 aliphatic carbocycles. The minimum Gasteiger partial charge on any atom is -0.508 e. The lowest BCUT2D eigenvalue weighted by molar-refractivity contribution is -0.132. The van der Waals surface area contributed by atoms with Gasteiger partial charge in [-0.3, -0.25) is 9.59 Å². The summed E-state index contributed by atoms with van der Waals surface area (Å²) in [7, 11) is 0. The standard InChI is InChI=1S/C14H18N2O4/c1-2-13(19)15-3-5-16(6-4-15)14(20)10-7-11(17)9-12(18)8-10/h7-9,17-18H,2-6H2,1H3. The molecule has 1 saturated heterocycles. The van der Waals surface area contributed by atoms with Gasteiger partial charge in [0.05, 0.1) is 0 Å². The number of phenolic OH excluding ortho intramolecular Hbond substituents is 2. The van der Waals surface area contributed by atoms with Crippen LogP contribution in [-0.2, 0) is 4.79 Å². The van der Waals surface area contributed by atoms with E-state index in [1.165, 1.54) is 18.2 Å². The number of carbonyl (C=O) groups is 2. The summed E-state index contributed by atoms with van der Waals surface area (Å²) in [4.78, 5) is 27.2. The van der Waals surface area contributed by atoms with Gasteiger partial charge in [0, 0.05) is 44.2 Å². The SMILES string of the molecule is CCC(=O)N1CCN(C(=O)c2cc(O)cc(O)c2)CC1. The number of phenols is 2. The lowest BCUT2D eigenvalue weighted by Gasteiger charge is -2.34. The molecule has 2 N–H and O–H groups in total. The van der Waals surface area contributed by atoms with E-state index in [-0.39, 0.29) is 28.9 Å². The van der Waals surface area contributed by atoms with Gasteiger partial charge >= 0.3 is 0 Å². The zero-order valence-corrected chi connectivity index (χ0v) is 11.4. The third kappa shape index (κ3) is 3.01. The number of aromatic hydroxyl groups is 2. The first-order valence-electron chi connectivity index (χ1n) is 6.61. The van der Waals surface area contributed by atoms with Crippen molar-refractivity contribution in [1.82, 2.24) is 9.80 Å². The van der Waals surface area contributed by atoms with E-state index >= 15 is 0 Å². The van der Waals surface area contributed by atoms with Crippen LogP contribution < -0.4 is 0 Å². The number of nitrogens with zero attached hydrogens (tertiary/aromatic N) is 2. The van der Waals surface area contributed by atoms with Gasteiger partial charge in [0.1, 0.15) is 11.5 Å². The number of piperazine rings is 1. The third-order valence-electron chi connectivity index (χ3n) is 3.37. The van der Waals surface area contributed by atoms with Gasteiger partial charge in [0.25, 0.3) is 5.91 Å². The first-order chi connectivity index (χ1) is 9.51. The lowest BCUT2D eigenvalue weighted by Crippen LogP contribution is -2.50. The van der Waals surface area contributed by atoms with Crippen molar-refractivity contribution in [3.8, 4) is 11.5 Å². The molecule has 20 heavy (non-hydrogen) atoms. The van der Waals surface area contributed by atoms with Crippen molar-refractivity contribution in [3.63, 3.8) is 0 Å². The average molecular weight is 278 g/mol. The molecule has 108 valence electrons. The van der Waals surface area contributed by atoms with Gasteiger partial charge in [0.2, 0.25) is 5.91 Å². The van der Waals surface area contributed by atoms with E-state index in [1.54, 1.807) is 9.80 Å². The van der Waals surface area contributed by atoms with Crippen molar-refractivity contribution in [2.45, 2.75) is 13.3 Å². The summed E-state index contributed by atoms with van der Waals surface area (Å²) in [5.41, 5.74) is 0.248. The van der Waals surface area contributed by atoms with Crippen molar-refractivity contribution in [3.05, 3.63) is 23.8 Å². The monoisotopic (exact) mass is 278 g/mol. The molecule has 6 heteroatoms. The summed E-state index contributed by atoms with van der Waals surface area (Å²) in [6.07, 6.45) is 0.467. The molecule has 6 nitrogen and oxygen atoms in total. The first-order valence-corrected chi connectivity index (χ1v) is 6.61. The topological polar surface area (TPSA) is 81.1 Å². The van der Waals surface area contributed by atoms with Crippen molar-refractivity contribution in [1.29, 1.82) is 0 Å². The van der Waals surface area contributed by atoms with Crippen molar-refractivity contribution in [2.24, 2.45) is 0 Å². The molecular formula is C14H18N2O4. The Hall–Kier alpha value is -2.24. The minimum atomic E-state index is -0.250. The van der Waals surface area contributed by atoms with Gasteiger partial charge in [-0.25, -0.2) is 0 Å². The maximum Gasteiger partial charge on any atom is 0.254 e. The molecule has 0 atom stereocenters. The van der Waals surface area contributed by atoms with E-state index < -0.39 is 0 Å². The van der Waals surface area contributed by atoms with Crippen LogP contribution in [-0.4, -0.2) is 58.0 Å². The van der Waals surface area contributed by atoms with E-state index in [0.717, 1.165) is 0 Å². The molecule has 1 heterocycles. The van der Waals surface area contributed by atoms with Gasteiger partial charge in [0.15, 0.2) is 0 Å². The normalized spacial score (nSPS) is 15.2. The largest absolute Gasteiger partial charge is 0.508 e. The summed E-state index contributed by atoms with van der Waals surface area (Å²) < 4.78 is 0. The molecule has 0 saturated carbocycles. The van der Waals surface area contributed by atoms with Crippen LogP contribution in [0.25, 0.3) is 0 Å². The molecule has 2 rings (SSSR count). The highest BCUT2D eigenvalue weighted by Crippen LogP contribution is 2.22. The zero-order valence-electron chi connectivity index (χ0n) is 11.4. The second-order valence-corrected chi connectivity index (χ2v) is 4.76. The molecule has 0 aromatic heterocycles. The van der Waals surface area contributed by atoms with Crippen molar-refractivity contribution < 1.29 is 19.8 Å². The molecule has 2 amide bonds. The Labute approximate surface area is 117 Å². The van der Waals surface area contributed by atoms with Crippen molar-refractivity contribution in [2.75, 3.05) is 26.2 Å². The molecule has 1 fully saturated rings. The van der Waals surface area contributed by atoms with Crippen LogP contribution in [0.2, 0.25) is 0 Å². The summed E-state index contributed by atoms with van der Waals surface area (Å²) in [5, 5.41) is 18.8. The molecule has 1 aromatic carbocycles. The number of carbonyl (C=O) groups excluding carboxylic acids is 2. The highest BCUT2D eigenvalue weighted by molar-refractivity contribution is 5.95. The van der Waals surface area contributed by atoms with Gasteiger partial charge in [-0.1, -0.05) is 6.92 Å². The Morgan fingerprint density at radius 2 is 1.50 bits per heavy atom. The van der Waals surface area contributed by atoms with E-state index in [9.17, 15) is 19.8 Å². The smallest absolute Gasteiger partial charge is 0.254 e. The predicted molar refractivity (Wildman–Crippen MR) is 72.5 cm³/mol. The maximum absolute atomic E-state index is 12.3. The summed E-state index contributed by atoms with van der Waals surface area (Å²) in [5.74, 6) is -0.451. The number of rotatable bonds is 2. The number of hydrogen-bond donors (Lipinski definition) is 2. The van der Waals surface area contributed by atoms with Crippen LogP contribution in [0, 0.1) is 0 Å². The Morgan fingerprint density at radius 1 is 1.00 bits per heavy atom. The molecule has 1 aromatic rings. The van der Waals surface area contributed by atoms with E-state index in [0.29, 0.717) is 32.6 Å². The van der Waals surface area contributed by atoms with Crippen LogP contribution >= 0.6 is 0 Å². The third-order valence-corrected chi connectivity index (χ3v) is 3.37. The van der Waals surface area contributed by atoms with Gasteiger partial charge in [-0.05, 0) is 12.1 Å². The average Bonchev–Trinajstić information content (AvgIpc) is 2.45. The fourth-order valence-electron chi connectivity index (χ4n) is 2.28. The lowest BCUT2D eigenvalue weighted by atomic mass is 10.1. The second-order valence-electron chi connectivity index (χ2n) is 4.76. The Balaban J connectivity index is 2.03. The van der Waals surface area contributed by atoms with Crippen molar-refractivity contribution >= 4 is 11.8 Å². The summed E-state index contributed by atoms with van der Waals surface area (Å²) in [6, 6.07) is 3.83. The molecule has 1 aliphatic rings. The van der Waals surface area contributed by atoms with E-state index in [4.69, 9.17) is 0 Å². The number of benzene rings is 1. The molecular weight excluding hydrogens is 260 g/mol. The van der Waals surface area contributed by atoms with E-state index in [2.05, 4.69) is 0 Å². The number of amides is 2. The Morgan fingerprint density at radius 3 is 2.00 bits per heavy atom. The first kappa shape index (κ1) is 14.2. The summed E-state index contributed by atoms with van der Waals surface area (Å²) in [6.45, 7) is 3.77. The van der Waals surface area contributed by atoms with Gasteiger partial charge in [-0.2, -0.15) is 0 Å². The van der Waals surface area contributed by atoms with Crippen LogP contribution in [0.5, 0.6) is 11.5 Å². The fourth-order valence-corrected chi connectivity index (χ4v) is 2.28. The van der Waals surface area contributed by atoms with Crippen LogP contribution in [0.3, 0.4) is 0 Å². The molecule has 0 radical (unpaired) electrons. The van der Waals surface area contributed by atoms with Crippen LogP contribution in [0.15, 0.2) is 18.2 Å². The fraction of sp³-hybridized carbons (Fsp3) is 0.429. The van der Waals surface area contributed by atoms with E-state index in [1.807, 2.05) is 6.92 Å². The second kappa shape index (κ2) is 5.81. The molecule has 0 bridgehead atoms. The molecule has 0 spiro atoms. The van der Waals surface area contributed by atoms with Gasteiger partial charge < -0.3 is 20.0 Å². The predicted octanol–water partition coefficient (Wildman–Crippen LogP) is 0.792. The highest BCUT2D eigenvalue weighted by atomic mass is 16.3. The molecule has 0 unspecified atom stereocenters. The summed E-state index contributed by atoms with van der Waals surface area (Å²) >= 11 is 0. The molecule has 1 aliphatic heterocycles. The Bertz CT molecular complexity index is 502. The minimum absolute atomic E-state index is 0.0899. The van der Waals surface area contributed by atoms with Gasteiger partial charge in [-0.15, -0.1) is 0 Å². The highest BCUT2D eigenvalue weighted by Gasteiger charge is 2.24. The number of hydrogen-bond acceptors (Lipinski definition) is 4. The van der Waals surface area contributed by atoms with Crippen LogP contribution in [0.4, 0.5) is 0 Å². The van der Waals surface area contributed by atoms with Crippen LogP contribution in [0.1, 0.15) is 23.7 Å². The Kier molecular flexibility index (Phi) is 4.12. The zero-order chi connectivity index (χ0) is 14.7. The maximum atomic E-state index is 12.3. The quantitative estimate of drug-likeness (QED) is 0.838.